The van der Waals surface area contributed by atoms with E-state index < -0.39 is 23.8 Å². The van der Waals surface area contributed by atoms with Crippen molar-refractivity contribution in [2.45, 2.75) is 12.0 Å². The number of carboxylic acids is 1. The summed E-state index contributed by atoms with van der Waals surface area (Å²) >= 11 is 0. The average Bonchev–Trinajstić information content (AvgIpc) is 1.82. The number of carbonyl (C=O) groups is 1. The molecule has 0 spiro atoms. The van der Waals surface area contributed by atoms with E-state index in [1.807, 2.05) is 0 Å². The van der Waals surface area contributed by atoms with Crippen molar-refractivity contribution in [2.75, 3.05) is 0 Å². The Bertz CT molecular complexity index is 278. The standard InChI is InChI=1S/C7H8O5/c8-4-1-5(9)3-7(12,2-4)6(10)11/h1-2,8-9,12H,3H2,(H,10,11). The lowest BCUT2D eigenvalue weighted by atomic mass is 9.93. The van der Waals surface area contributed by atoms with Crippen LogP contribution in [0.25, 0.3) is 0 Å². The maximum absolute atomic E-state index is 10.4. The van der Waals surface area contributed by atoms with Gasteiger partial charge in [-0.15, -0.1) is 0 Å². The molecule has 12 heavy (non-hydrogen) atoms. The summed E-state index contributed by atoms with van der Waals surface area (Å²) in [5.74, 6) is -2.32. The van der Waals surface area contributed by atoms with Gasteiger partial charge in [0.15, 0.2) is 5.60 Å². The van der Waals surface area contributed by atoms with E-state index in [1.54, 1.807) is 0 Å². The zero-order valence-electron chi connectivity index (χ0n) is 6.06. The molecule has 5 heteroatoms. The van der Waals surface area contributed by atoms with Gasteiger partial charge in [-0.3, -0.25) is 0 Å². The predicted molar refractivity (Wildman–Crippen MR) is 38.6 cm³/mol. The van der Waals surface area contributed by atoms with E-state index in [0.717, 1.165) is 12.2 Å². The Labute approximate surface area is 67.9 Å². The van der Waals surface area contributed by atoms with Gasteiger partial charge in [-0.05, 0) is 0 Å². The van der Waals surface area contributed by atoms with Crippen LogP contribution in [-0.4, -0.2) is 32.0 Å². The Hall–Kier alpha value is -1.49. The molecule has 0 amide bonds. The topological polar surface area (TPSA) is 98.0 Å². The van der Waals surface area contributed by atoms with E-state index in [2.05, 4.69) is 0 Å². The summed E-state index contributed by atoms with van der Waals surface area (Å²) in [5, 5.41) is 35.5. The lowest BCUT2D eigenvalue weighted by Gasteiger charge is -2.21. The van der Waals surface area contributed by atoms with Gasteiger partial charge in [0.25, 0.3) is 0 Å². The fourth-order valence-electron chi connectivity index (χ4n) is 0.973. The number of aliphatic hydroxyl groups excluding tert-OH is 2. The molecule has 0 aliphatic heterocycles. The van der Waals surface area contributed by atoms with Crippen molar-refractivity contribution in [1.82, 2.24) is 0 Å². The summed E-state index contributed by atoms with van der Waals surface area (Å²) in [5.41, 5.74) is -2.19. The van der Waals surface area contributed by atoms with Gasteiger partial charge in [0.2, 0.25) is 0 Å². The van der Waals surface area contributed by atoms with Crippen molar-refractivity contribution in [3.63, 3.8) is 0 Å². The molecule has 1 unspecified atom stereocenters. The molecular formula is C7H8O5. The number of aliphatic carboxylic acids is 1. The minimum absolute atomic E-state index is 0.361. The first kappa shape index (κ1) is 8.61. The average molecular weight is 172 g/mol. The van der Waals surface area contributed by atoms with Crippen LogP contribution in [0.4, 0.5) is 0 Å². The third kappa shape index (κ3) is 1.40. The summed E-state index contributed by atoms with van der Waals surface area (Å²) in [6, 6.07) is 0. The summed E-state index contributed by atoms with van der Waals surface area (Å²) in [6.07, 6.45) is 1.33. The molecule has 0 saturated carbocycles. The van der Waals surface area contributed by atoms with Gasteiger partial charge in [0.05, 0.1) is 5.76 Å². The molecule has 0 radical (unpaired) electrons. The Morgan fingerprint density at radius 1 is 1.50 bits per heavy atom. The van der Waals surface area contributed by atoms with Gasteiger partial charge in [0, 0.05) is 18.6 Å². The van der Waals surface area contributed by atoms with Gasteiger partial charge < -0.3 is 20.4 Å². The molecule has 0 bridgehead atoms. The largest absolute Gasteiger partial charge is 0.512 e. The molecule has 0 aromatic carbocycles. The molecule has 0 aromatic rings. The van der Waals surface area contributed by atoms with Crippen molar-refractivity contribution in [3.05, 3.63) is 23.7 Å². The smallest absolute Gasteiger partial charge is 0.340 e. The molecular weight excluding hydrogens is 164 g/mol. The highest BCUT2D eigenvalue weighted by molar-refractivity contribution is 5.80. The first-order chi connectivity index (χ1) is 5.44. The van der Waals surface area contributed by atoms with E-state index in [4.69, 9.17) is 15.3 Å². The summed E-state index contributed by atoms with van der Waals surface area (Å²) in [7, 11) is 0. The number of rotatable bonds is 1. The van der Waals surface area contributed by atoms with Gasteiger partial charge in [0.1, 0.15) is 5.76 Å². The van der Waals surface area contributed by atoms with Crippen molar-refractivity contribution >= 4 is 5.97 Å². The Balaban J connectivity index is 3.00. The van der Waals surface area contributed by atoms with Gasteiger partial charge in [-0.1, -0.05) is 0 Å². The third-order valence-corrected chi connectivity index (χ3v) is 1.52. The van der Waals surface area contributed by atoms with E-state index in [0.29, 0.717) is 0 Å². The van der Waals surface area contributed by atoms with Crippen molar-refractivity contribution in [2.24, 2.45) is 0 Å². The normalized spacial score (nSPS) is 29.1. The lowest BCUT2D eigenvalue weighted by molar-refractivity contribution is -0.154. The SMILES string of the molecule is O=C(O)C1(O)C=C(O)C=C(O)C1. The van der Waals surface area contributed by atoms with Crippen LogP contribution in [0.3, 0.4) is 0 Å². The minimum atomic E-state index is -2.19. The van der Waals surface area contributed by atoms with E-state index >= 15 is 0 Å². The van der Waals surface area contributed by atoms with Crippen LogP contribution in [0.15, 0.2) is 23.7 Å². The van der Waals surface area contributed by atoms with E-state index in [1.165, 1.54) is 0 Å². The molecule has 5 nitrogen and oxygen atoms in total. The Morgan fingerprint density at radius 3 is 2.50 bits per heavy atom. The maximum Gasteiger partial charge on any atom is 0.340 e. The number of carboxylic acid groups (broad SMARTS) is 1. The molecule has 1 rings (SSSR count). The molecule has 0 heterocycles. The molecule has 1 aliphatic carbocycles. The Kier molecular flexibility index (Phi) is 1.81. The lowest BCUT2D eigenvalue weighted by Crippen LogP contribution is -2.38. The van der Waals surface area contributed by atoms with Crippen LogP contribution < -0.4 is 0 Å². The fraction of sp³-hybridized carbons (Fsp3) is 0.286. The highest BCUT2D eigenvalue weighted by Gasteiger charge is 2.37. The summed E-state index contributed by atoms with van der Waals surface area (Å²) < 4.78 is 0. The second kappa shape index (κ2) is 2.53. The monoisotopic (exact) mass is 172 g/mol. The second-order valence-corrected chi connectivity index (χ2v) is 2.61. The van der Waals surface area contributed by atoms with Gasteiger partial charge in [-0.2, -0.15) is 0 Å². The molecule has 0 saturated heterocycles. The zero-order chi connectivity index (χ0) is 9.35. The predicted octanol–water partition coefficient (Wildman–Crippen LogP) is 0.0896. The van der Waals surface area contributed by atoms with Crippen LogP contribution in [0.1, 0.15) is 6.42 Å². The highest BCUT2D eigenvalue weighted by Crippen LogP contribution is 2.24. The third-order valence-electron chi connectivity index (χ3n) is 1.52. The molecule has 0 fully saturated rings. The first-order valence-corrected chi connectivity index (χ1v) is 3.21. The van der Waals surface area contributed by atoms with Gasteiger partial charge in [-0.25, -0.2) is 4.79 Å². The molecule has 0 aromatic heterocycles. The van der Waals surface area contributed by atoms with Crippen LogP contribution in [-0.2, 0) is 4.79 Å². The Morgan fingerprint density at radius 2 is 2.08 bits per heavy atom. The van der Waals surface area contributed by atoms with Crippen LogP contribution in [0.5, 0.6) is 0 Å². The summed E-state index contributed by atoms with van der Waals surface area (Å²) in [4.78, 5) is 10.4. The molecule has 4 N–H and O–H groups in total. The second-order valence-electron chi connectivity index (χ2n) is 2.61. The van der Waals surface area contributed by atoms with Crippen molar-refractivity contribution < 1.29 is 25.2 Å². The zero-order valence-corrected chi connectivity index (χ0v) is 6.06. The van der Waals surface area contributed by atoms with Crippen LogP contribution in [0.2, 0.25) is 0 Å². The fourth-order valence-corrected chi connectivity index (χ4v) is 0.973. The van der Waals surface area contributed by atoms with E-state index in [9.17, 15) is 9.90 Å². The highest BCUT2D eigenvalue weighted by atomic mass is 16.4. The number of aliphatic hydroxyl groups is 3. The first-order valence-electron chi connectivity index (χ1n) is 3.21. The van der Waals surface area contributed by atoms with Crippen molar-refractivity contribution in [3.8, 4) is 0 Å². The van der Waals surface area contributed by atoms with Crippen LogP contribution >= 0.6 is 0 Å². The quantitative estimate of drug-likeness (QED) is 0.449. The number of hydrogen-bond donors (Lipinski definition) is 4. The van der Waals surface area contributed by atoms with Crippen molar-refractivity contribution in [1.29, 1.82) is 0 Å². The number of allylic oxidation sites excluding steroid dienone is 1. The molecule has 1 aliphatic rings. The maximum atomic E-state index is 10.4. The van der Waals surface area contributed by atoms with Gasteiger partial charge >= 0.3 is 5.97 Å². The molecule has 1 atom stereocenters. The van der Waals surface area contributed by atoms with Crippen LogP contribution in [0, 0.1) is 0 Å². The minimum Gasteiger partial charge on any atom is -0.512 e. The summed E-state index contributed by atoms with van der Waals surface area (Å²) in [6.45, 7) is 0. The van der Waals surface area contributed by atoms with E-state index in [-0.39, 0.29) is 5.76 Å². The molecule has 66 valence electrons. The number of hydrogen-bond acceptors (Lipinski definition) is 4.